The number of allylic oxidation sites excluding steroid dienone is 1. The van der Waals surface area contributed by atoms with E-state index in [-0.39, 0.29) is 0 Å². The molecule has 0 atom stereocenters. The number of pyridine rings is 1. The van der Waals surface area contributed by atoms with E-state index >= 15 is 0 Å². The lowest BCUT2D eigenvalue weighted by Crippen LogP contribution is -1.93. The number of benzene rings is 3. The van der Waals surface area contributed by atoms with Gasteiger partial charge in [-0.2, -0.15) is 0 Å². The van der Waals surface area contributed by atoms with Crippen LogP contribution in [0, 0.1) is 0 Å². The lowest BCUT2D eigenvalue weighted by atomic mass is 9.96. The van der Waals surface area contributed by atoms with Gasteiger partial charge in [-0.15, -0.1) is 0 Å². The van der Waals surface area contributed by atoms with Crippen molar-refractivity contribution in [3.63, 3.8) is 0 Å². The minimum atomic E-state index is 0.817. The van der Waals surface area contributed by atoms with Crippen LogP contribution in [-0.2, 0) is 6.42 Å². The van der Waals surface area contributed by atoms with Crippen molar-refractivity contribution in [2.45, 2.75) is 6.42 Å². The van der Waals surface area contributed by atoms with Crippen molar-refractivity contribution < 1.29 is 0 Å². The van der Waals surface area contributed by atoms with E-state index in [0.29, 0.717) is 0 Å². The number of rotatable bonds is 5. The molecule has 1 aromatic heterocycles. The average molecular weight is 348 g/mol. The van der Waals surface area contributed by atoms with Crippen LogP contribution >= 0.6 is 0 Å². The highest BCUT2D eigenvalue weighted by atomic mass is 14.8. The zero-order valence-corrected chi connectivity index (χ0v) is 15.0. The topological polar surface area (TPSA) is 25.2 Å². The van der Waals surface area contributed by atoms with Crippen molar-refractivity contribution in [3.05, 3.63) is 109 Å². The molecule has 0 unspecified atom stereocenters. The standard InChI is InChI=1S/C25H20N2/c1-2-16-26-24-21(18-19-9-5-3-6-10-19)13-14-23-22(15-17-27-25(23)24)20-11-7-4-8-12-20/h2-17H,1,18H2. The third kappa shape index (κ3) is 3.56. The summed E-state index contributed by atoms with van der Waals surface area (Å²) in [6.07, 6.45) is 6.12. The van der Waals surface area contributed by atoms with E-state index in [1.54, 1.807) is 12.3 Å². The lowest BCUT2D eigenvalue weighted by Gasteiger charge is -2.12. The van der Waals surface area contributed by atoms with E-state index in [9.17, 15) is 0 Å². The fourth-order valence-electron chi connectivity index (χ4n) is 3.34. The second kappa shape index (κ2) is 7.79. The molecule has 0 saturated heterocycles. The maximum Gasteiger partial charge on any atom is 0.0967 e. The Kier molecular flexibility index (Phi) is 4.88. The molecule has 0 N–H and O–H groups in total. The van der Waals surface area contributed by atoms with Gasteiger partial charge in [-0.25, -0.2) is 0 Å². The zero-order valence-electron chi connectivity index (χ0n) is 15.0. The highest BCUT2D eigenvalue weighted by Crippen LogP contribution is 2.35. The number of hydrogen-bond acceptors (Lipinski definition) is 2. The molecular weight excluding hydrogens is 328 g/mol. The Morgan fingerprint density at radius 1 is 0.852 bits per heavy atom. The molecule has 0 aliphatic rings. The molecular formula is C25H20N2. The van der Waals surface area contributed by atoms with E-state index in [4.69, 9.17) is 0 Å². The first-order valence-electron chi connectivity index (χ1n) is 9.02. The minimum Gasteiger partial charge on any atom is -0.254 e. The molecule has 27 heavy (non-hydrogen) atoms. The van der Waals surface area contributed by atoms with E-state index in [0.717, 1.165) is 28.6 Å². The molecule has 0 saturated carbocycles. The van der Waals surface area contributed by atoms with Gasteiger partial charge in [-0.1, -0.05) is 85.5 Å². The smallest absolute Gasteiger partial charge is 0.0967 e. The summed E-state index contributed by atoms with van der Waals surface area (Å²) in [5.74, 6) is 0. The summed E-state index contributed by atoms with van der Waals surface area (Å²) in [6, 6.07) is 27.2. The Labute approximate surface area is 159 Å². The highest BCUT2D eigenvalue weighted by molar-refractivity contribution is 6.01. The van der Waals surface area contributed by atoms with Gasteiger partial charge in [0.1, 0.15) is 0 Å². The highest BCUT2D eigenvalue weighted by Gasteiger charge is 2.12. The van der Waals surface area contributed by atoms with Gasteiger partial charge in [0.2, 0.25) is 0 Å². The summed E-state index contributed by atoms with van der Waals surface area (Å²) in [5, 5.41) is 1.11. The Morgan fingerprint density at radius 2 is 1.59 bits per heavy atom. The molecule has 3 aromatic carbocycles. The molecule has 4 aromatic rings. The van der Waals surface area contributed by atoms with Crippen molar-refractivity contribution in [2.24, 2.45) is 4.99 Å². The van der Waals surface area contributed by atoms with Crippen LogP contribution in [0.1, 0.15) is 11.1 Å². The Hall–Kier alpha value is -3.52. The Balaban J connectivity index is 1.91. The molecule has 0 aliphatic heterocycles. The van der Waals surface area contributed by atoms with Crippen LogP contribution in [0.15, 0.2) is 103 Å². The molecule has 0 spiro atoms. The summed E-state index contributed by atoms with van der Waals surface area (Å²) in [7, 11) is 0. The van der Waals surface area contributed by atoms with Gasteiger partial charge in [-0.3, -0.25) is 9.98 Å². The molecule has 0 amide bonds. The Bertz CT molecular complexity index is 1100. The molecule has 0 fully saturated rings. The maximum absolute atomic E-state index is 4.68. The zero-order chi connectivity index (χ0) is 18.5. The van der Waals surface area contributed by atoms with Crippen LogP contribution in [0.25, 0.3) is 22.0 Å². The largest absolute Gasteiger partial charge is 0.254 e. The summed E-state index contributed by atoms with van der Waals surface area (Å²) in [6.45, 7) is 3.76. The van der Waals surface area contributed by atoms with E-state index in [2.05, 4.69) is 83.3 Å². The molecule has 1 heterocycles. The molecule has 0 bridgehead atoms. The van der Waals surface area contributed by atoms with E-state index in [1.807, 2.05) is 18.3 Å². The second-order valence-electron chi connectivity index (χ2n) is 6.37. The van der Waals surface area contributed by atoms with Gasteiger partial charge >= 0.3 is 0 Å². The van der Waals surface area contributed by atoms with E-state index in [1.165, 1.54) is 16.7 Å². The fourth-order valence-corrected chi connectivity index (χ4v) is 3.34. The maximum atomic E-state index is 4.68. The number of aliphatic imine (C=N–C) groups is 1. The monoisotopic (exact) mass is 348 g/mol. The summed E-state index contributed by atoms with van der Waals surface area (Å²) in [5.41, 5.74) is 6.59. The van der Waals surface area contributed by atoms with Crippen LogP contribution in [0.2, 0.25) is 0 Å². The quantitative estimate of drug-likeness (QED) is 0.384. The molecule has 0 radical (unpaired) electrons. The van der Waals surface area contributed by atoms with Gasteiger partial charge in [0.15, 0.2) is 0 Å². The van der Waals surface area contributed by atoms with Gasteiger partial charge < -0.3 is 0 Å². The van der Waals surface area contributed by atoms with Crippen molar-refractivity contribution in [2.75, 3.05) is 0 Å². The van der Waals surface area contributed by atoms with Crippen LogP contribution in [0.3, 0.4) is 0 Å². The molecule has 4 rings (SSSR count). The number of fused-ring (bicyclic) bond motifs is 1. The first-order valence-corrected chi connectivity index (χ1v) is 9.02. The summed E-state index contributed by atoms with van der Waals surface area (Å²) < 4.78 is 0. The predicted molar refractivity (Wildman–Crippen MR) is 115 cm³/mol. The lowest BCUT2D eigenvalue weighted by molar-refractivity contribution is 1.19. The van der Waals surface area contributed by atoms with Crippen LogP contribution < -0.4 is 0 Å². The number of hydrogen-bond donors (Lipinski definition) is 0. The molecule has 2 heteroatoms. The van der Waals surface area contributed by atoms with Gasteiger partial charge in [-0.05, 0) is 34.7 Å². The minimum absolute atomic E-state index is 0.817. The molecule has 130 valence electrons. The first-order chi connectivity index (χ1) is 13.4. The number of aromatic nitrogens is 1. The summed E-state index contributed by atoms with van der Waals surface area (Å²) in [4.78, 5) is 9.35. The van der Waals surface area contributed by atoms with Gasteiger partial charge in [0, 0.05) is 17.8 Å². The first kappa shape index (κ1) is 16.9. The molecule has 2 nitrogen and oxygen atoms in total. The van der Waals surface area contributed by atoms with E-state index < -0.39 is 0 Å². The Morgan fingerprint density at radius 3 is 2.33 bits per heavy atom. The normalized spacial score (nSPS) is 11.1. The van der Waals surface area contributed by atoms with Gasteiger partial charge in [0.25, 0.3) is 0 Å². The van der Waals surface area contributed by atoms with Crippen LogP contribution in [0.5, 0.6) is 0 Å². The van der Waals surface area contributed by atoms with Crippen molar-refractivity contribution in [1.82, 2.24) is 4.98 Å². The average Bonchev–Trinajstić information content (AvgIpc) is 2.74. The van der Waals surface area contributed by atoms with Gasteiger partial charge in [0.05, 0.1) is 11.2 Å². The van der Waals surface area contributed by atoms with Crippen LogP contribution in [-0.4, -0.2) is 11.2 Å². The predicted octanol–water partition coefficient (Wildman–Crippen LogP) is 6.38. The molecule has 0 aliphatic carbocycles. The fraction of sp³-hybridized carbons (Fsp3) is 0.0400. The number of nitrogens with zero attached hydrogens (tertiary/aromatic N) is 2. The second-order valence-corrected chi connectivity index (χ2v) is 6.37. The SMILES string of the molecule is C=CC=Nc1c(Cc2ccccc2)ccc2c(-c3ccccc3)ccnc12. The third-order valence-electron chi connectivity index (χ3n) is 4.60. The van der Waals surface area contributed by atoms with Crippen LogP contribution in [0.4, 0.5) is 5.69 Å². The summed E-state index contributed by atoms with van der Waals surface area (Å²) >= 11 is 0. The van der Waals surface area contributed by atoms with Crippen molar-refractivity contribution in [1.29, 1.82) is 0 Å². The van der Waals surface area contributed by atoms with Crippen molar-refractivity contribution >= 4 is 22.8 Å². The van der Waals surface area contributed by atoms with Crippen molar-refractivity contribution in [3.8, 4) is 11.1 Å². The third-order valence-corrected chi connectivity index (χ3v) is 4.60.